The minimum absolute atomic E-state index is 0.194. The van der Waals surface area contributed by atoms with Crippen LogP contribution in [0.15, 0.2) is 24.3 Å². The Balaban J connectivity index is 1.43. The second-order valence-corrected chi connectivity index (χ2v) is 7.99. The number of piperazine rings is 1. The van der Waals surface area contributed by atoms with Crippen molar-refractivity contribution in [2.45, 2.75) is 45.7 Å². The number of rotatable bonds is 8. The Morgan fingerprint density at radius 3 is 2.44 bits per heavy atom. The normalized spacial score (nSPS) is 19.9. The fourth-order valence-corrected chi connectivity index (χ4v) is 4.18. The number of carbonyl (C=O) groups is 1. The molecule has 1 amide bonds. The molecule has 0 radical (unpaired) electrons. The highest BCUT2D eigenvalue weighted by Crippen LogP contribution is 2.18. The molecule has 2 saturated heterocycles. The molecular weight excluding hydrogens is 336 g/mol. The van der Waals surface area contributed by atoms with Gasteiger partial charge in [-0.05, 0) is 55.9 Å². The van der Waals surface area contributed by atoms with Crippen LogP contribution >= 0.6 is 0 Å². The van der Waals surface area contributed by atoms with Crippen molar-refractivity contribution in [1.29, 1.82) is 0 Å². The molecule has 0 atom stereocenters. The molecule has 1 aromatic rings. The minimum atomic E-state index is 0.194. The molecule has 0 aliphatic carbocycles. The molecule has 5 nitrogen and oxygen atoms in total. The van der Waals surface area contributed by atoms with Gasteiger partial charge in [0.2, 0.25) is 5.91 Å². The lowest BCUT2D eigenvalue weighted by molar-refractivity contribution is -0.121. The quantitative estimate of drug-likeness (QED) is 0.735. The van der Waals surface area contributed by atoms with Gasteiger partial charge in [-0.15, -0.1) is 0 Å². The maximum absolute atomic E-state index is 12.3. The van der Waals surface area contributed by atoms with Crippen LogP contribution in [0.4, 0.5) is 0 Å². The van der Waals surface area contributed by atoms with Crippen LogP contribution in [0.1, 0.15) is 43.7 Å². The molecule has 0 saturated carbocycles. The van der Waals surface area contributed by atoms with Crippen molar-refractivity contribution in [2.75, 3.05) is 45.8 Å². The van der Waals surface area contributed by atoms with E-state index in [-0.39, 0.29) is 5.91 Å². The maximum atomic E-state index is 12.3. The third-order valence-electron chi connectivity index (χ3n) is 6.14. The summed E-state index contributed by atoms with van der Waals surface area (Å²) in [5.74, 6) is 0.908. The van der Waals surface area contributed by atoms with E-state index >= 15 is 0 Å². The molecule has 2 N–H and O–H groups in total. The summed E-state index contributed by atoms with van der Waals surface area (Å²) in [7, 11) is 0. The van der Waals surface area contributed by atoms with Crippen LogP contribution in [0.2, 0.25) is 0 Å². The Morgan fingerprint density at radius 1 is 1.07 bits per heavy atom. The molecule has 2 fully saturated rings. The summed E-state index contributed by atoms with van der Waals surface area (Å²) < 4.78 is 0. The molecule has 3 rings (SSSR count). The minimum Gasteiger partial charge on any atom is -0.352 e. The van der Waals surface area contributed by atoms with Crippen LogP contribution in [0, 0.1) is 5.92 Å². The van der Waals surface area contributed by atoms with Gasteiger partial charge in [0.15, 0.2) is 0 Å². The zero-order valence-electron chi connectivity index (χ0n) is 16.9. The van der Waals surface area contributed by atoms with E-state index in [9.17, 15) is 4.79 Å². The monoisotopic (exact) mass is 372 g/mol. The van der Waals surface area contributed by atoms with Gasteiger partial charge in [0.1, 0.15) is 0 Å². The van der Waals surface area contributed by atoms with E-state index in [4.69, 9.17) is 0 Å². The molecule has 2 aliphatic heterocycles. The summed E-state index contributed by atoms with van der Waals surface area (Å²) in [5.41, 5.74) is 2.60. The molecular formula is C22H36N4O. The molecule has 1 aromatic carbocycles. The topological polar surface area (TPSA) is 47.6 Å². The fourth-order valence-electron chi connectivity index (χ4n) is 4.18. The Hall–Kier alpha value is -1.43. The van der Waals surface area contributed by atoms with Gasteiger partial charge in [-0.3, -0.25) is 9.69 Å². The van der Waals surface area contributed by atoms with Gasteiger partial charge in [0, 0.05) is 45.7 Å². The Labute approximate surface area is 164 Å². The molecule has 150 valence electrons. The first kappa shape index (κ1) is 20.3. The van der Waals surface area contributed by atoms with Crippen LogP contribution in [0.5, 0.6) is 0 Å². The van der Waals surface area contributed by atoms with Gasteiger partial charge in [0.05, 0.1) is 0 Å². The first-order valence-electron chi connectivity index (χ1n) is 10.7. The van der Waals surface area contributed by atoms with Crippen molar-refractivity contribution in [3.63, 3.8) is 0 Å². The molecule has 0 spiro atoms. The lowest BCUT2D eigenvalue weighted by Gasteiger charge is -2.34. The van der Waals surface area contributed by atoms with Gasteiger partial charge in [-0.25, -0.2) is 0 Å². The highest BCUT2D eigenvalue weighted by atomic mass is 16.1. The van der Waals surface area contributed by atoms with E-state index in [1.165, 1.54) is 24.0 Å². The van der Waals surface area contributed by atoms with Gasteiger partial charge in [-0.1, -0.05) is 31.2 Å². The summed E-state index contributed by atoms with van der Waals surface area (Å²) in [5, 5.41) is 6.54. The van der Waals surface area contributed by atoms with Crippen molar-refractivity contribution in [3.05, 3.63) is 35.4 Å². The zero-order valence-corrected chi connectivity index (χ0v) is 16.9. The van der Waals surface area contributed by atoms with E-state index in [1.807, 2.05) is 0 Å². The number of hydrogen-bond acceptors (Lipinski definition) is 4. The zero-order chi connectivity index (χ0) is 18.9. The number of nitrogens with zero attached hydrogens (tertiary/aromatic N) is 2. The second-order valence-electron chi connectivity index (χ2n) is 7.99. The molecule has 2 heterocycles. The number of likely N-dealkylation sites (N-methyl/N-ethyl adjacent to an activating group) is 1. The molecule has 27 heavy (non-hydrogen) atoms. The van der Waals surface area contributed by atoms with Gasteiger partial charge in [-0.2, -0.15) is 0 Å². The molecule has 0 bridgehead atoms. The van der Waals surface area contributed by atoms with Crippen molar-refractivity contribution < 1.29 is 4.79 Å². The van der Waals surface area contributed by atoms with Crippen LogP contribution in [-0.2, 0) is 17.9 Å². The summed E-state index contributed by atoms with van der Waals surface area (Å²) in [6, 6.07) is 8.56. The van der Waals surface area contributed by atoms with Crippen molar-refractivity contribution in [1.82, 2.24) is 20.4 Å². The Morgan fingerprint density at radius 2 is 1.74 bits per heavy atom. The smallest absolute Gasteiger partial charge is 0.220 e. The largest absolute Gasteiger partial charge is 0.352 e. The Bertz CT molecular complexity index is 577. The van der Waals surface area contributed by atoms with Crippen molar-refractivity contribution >= 4 is 5.91 Å². The number of benzene rings is 1. The average molecular weight is 373 g/mol. The number of piperidine rings is 1. The van der Waals surface area contributed by atoms with Gasteiger partial charge in [0.25, 0.3) is 0 Å². The molecule has 0 unspecified atom stereocenters. The lowest BCUT2D eigenvalue weighted by atomic mass is 9.93. The average Bonchev–Trinajstić information content (AvgIpc) is 2.73. The SMILES string of the molecule is CCN1CCN(Cc2ccccc2CNC(=O)CCC2CCNCC2)CC1. The summed E-state index contributed by atoms with van der Waals surface area (Å²) in [6.45, 7) is 11.8. The molecule has 2 aliphatic rings. The number of nitrogens with one attached hydrogen (secondary N) is 2. The fraction of sp³-hybridized carbons (Fsp3) is 0.682. The summed E-state index contributed by atoms with van der Waals surface area (Å²) in [4.78, 5) is 17.3. The Kier molecular flexibility index (Phi) is 8.11. The third kappa shape index (κ3) is 6.59. The number of carbonyl (C=O) groups excluding carboxylic acids is 1. The standard InChI is InChI=1S/C22H36N4O/c1-2-25-13-15-26(16-14-25)18-21-6-4-3-5-20(21)17-24-22(27)8-7-19-9-11-23-12-10-19/h3-6,19,23H,2,7-18H2,1H3,(H,24,27). The third-order valence-corrected chi connectivity index (χ3v) is 6.14. The van der Waals surface area contributed by atoms with Crippen LogP contribution < -0.4 is 10.6 Å². The van der Waals surface area contributed by atoms with Crippen molar-refractivity contribution in [2.24, 2.45) is 5.92 Å². The summed E-state index contributed by atoms with van der Waals surface area (Å²) >= 11 is 0. The highest BCUT2D eigenvalue weighted by molar-refractivity contribution is 5.75. The first-order chi connectivity index (χ1) is 13.2. The van der Waals surface area contributed by atoms with Gasteiger partial charge < -0.3 is 15.5 Å². The second kappa shape index (κ2) is 10.8. The van der Waals surface area contributed by atoms with E-state index < -0.39 is 0 Å². The van der Waals surface area contributed by atoms with E-state index in [0.29, 0.717) is 18.9 Å². The van der Waals surface area contributed by atoms with E-state index in [1.54, 1.807) is 0 Å². The van der Waals surface area contributed by atoms with Crippen molar-refractivity contribution in [3.8, 4) is 0 Å². The predicted octanol–water partition coefficient (Wildman–Crippen LogP) is 2.22. The van der Waals surface area contributed by atoms with Gasteiger partial charge >= 0.3 is 0 Å². The highest BCUT2D eigenvalue weighted by Gasteiger charge is 2.17. The summed E-state index contributed by atoms with van der Waals surface area (Å²) in [6.07, 6.45) is 4.10. The first-order valence-corrected chi connectivity index (χ1v) is 10.7. The molecule has 5 heteroatoms. The maximum Gasteiger partial charge on any atom is 0.220 e. The number of amides is 1. The lowest BCUT2D eigenvalue weighted by Crippen LogP contribution is -2.45. The number of hydrogen-bond donors (Lipinski definition) is 2. The van der Waals surface area contributed by atoms with E-state index in [2.05, 4.69) is 51.6 Å². The van der Waals surface area contributed by atoms with Crippen LogP contribution in [0.25, 0.3) is 0 Å². The van der Waals surface area contributed by atoms with E-state index in [0.717, 1.165) is 58.8 Å². The van der Waals surface area contributed by atoms with Crippen LogP contribution in [0.3, 0.4) is 0 Å². The predicted molar refractivity (Wildman–Crippen MR) is 111 cm³/mol. The van der Waals surface area contributed by atoms with Crippen LogP contribution in [-0.4, -0.2) is 61.5 Å². The molecule has 0 aromatic heterocycles.